The lowest BCUT2D eigenvalue weighted by atomic mass is 10.5. The molecule has 0 aliphatic rings. The molecule has 5 nitrogen and oxygen atoms in total. The fourth-order valence-electron chi connectivity index (χ4n) is 1.42. The molecule has 14 heavy (non-hydrogen) atoms. The highest BCUT2D eigenvalue weighted by Gasteiger charge is 2.10. The number of nitrogens with zero attached hydrogens (tertiary/aromatic N) is 4. The Morgan fingerprint density at radius 2 is 2.29 bits per heavy atom. The molecule has 74 valence electrons. The molecule has 2 N–H and O–H groups in total. The number of aromatic nitrogens is 4. The molecule has 0 fully saturated rings. The number of aryl methyl sites for hydroxylation is 2. The maximum Gasteiger partial charge on any atom is 0.165 e. The van der Waals surface area contributed by atoms with E-state index in [1.54, 1.807) is 0 Å². The molecule has 0 spiro atoms. The second-order valence-corrected chi connectivity index (χ2v) is 3.31. The van der Waals surface area contributed by atoms with Crippen molar-refractivity contribution in [2.45, 2.75) is 13.5 Å². The third-order valence-electron chi connectivity index (χ3n) is 2.06. The monoisotopic (exact) mass is 211 g/mol. The van der Waals surface area contributed by atoms with Crippen LogP contribution in [-0.4, -0.2) is 25.4 Å². The molecule has 0 bridgehead atoms. The molecule has 0 amide bonds. The second-order valence-electron chi connectivity index (χ2n) is 2.93. The van der Waals surface area contributed by atoms with Crippen molar-refractivity contribution >= 4 is 28.6 Å². The van der Waals surface area contributed by atoms with Crippen LogP contribution in [0.4, 0.5) is 5.82 Å². The minimum Gasteiger partial charge on any atom is -0.382 e. The van der Waals surface area contributed by atoms with Gasteiger partial charge in [-0.25, -0.2) is 15.0 Å². The van der Waals surface area contributed by atoms with Crippen LogP contribution in [0.2, 0.25) is 0 Å². The lowest BCUT2D eigenvalue weighted by Gasteiger charge is -2.01. The first-order valence-electron chi connectivity index (χ1n) is 4.23. The third kappa shape index (κ3) is 1.29. The smallest absolute Gasteiger partial charge is 0.165 e. The molecule has 2 heterocycles. The van der Waals surface area contributed by atoms with Crippen LogP contribution in [0, 0.1) is 6.92 Å². The number of fused-ring (bicyclic) bond motifs is 1. The van der Waals surface area contributed by atoms with Crippen molar-refractivity contribution in [3.8, 4) is 0 Å². The van der Waals surface area contributed by atoms with E-state index >= 15 is 0 Å². The standard InChI is InChI=1S/C8H10ClN5/c1-5-13-6-7(10)11-4-12-8(6)14(5)3-2-9/h4H,2-3H2,1H3,(H2,10,11,12). The van der Waals surface area contributed by atoms with Crippen LogP contribution in [0.3, 0.4) is 0 Å². The van der Waals surface area contributed by atoms with Gasteiger partial charge in [0.15, 0.2) is 17.0 Å². The first-order chi connectivity index (χ1) is 6.74. The fraction of sp³-hybridized carbons (Fsp3) is 0.375. The number of nitrogen functional groups attached to an aromatic ring is 1. The van der Waals surface area contributed by atoms with Crippen LogP contribution in [-0.2, 0) is 6.54 Å². The molecule has 6 heteroatoms. The molecule has 2 aromatic rings. The zero-order valence-corrected chi connectivity index (χ0v) is 8.49. The Morgan fingerprint density at radius 1 is 1.50 bits per heavy atom. The van der Waals surface area contributed by atoms with Crippen molar-refractivity contribution < 1.29 is 0 Å². The maximum atomic E-state index is 5.68. The van der Waals surface area contributed by atoms with Crippen LogP contribution in [0.5, 0.6) is 0 Å². The number of nitrogens with two attached hydrogens (primary N) is 1. The van der Waals surface area contributed by atoms with Gasteiger partial charge in [-0.3, -0.25) is 0 Å². The first kappa shape index (κ1) is 9.21. The molecule has 0 unspecified atom stereocenters. The van der Waals surface area contributed by atoms with Gasteiger partial charge in [0, 0.05) is 12.4 Å². The van der Waals surface area contributed by atoms with Crippen LogP contribution in [0.15, 0.2) is 6.33 Å². The second kappa shape index (κ2) is 3.42. The van der Waals surface area contributed by atoms with E-state index in [1.807, 2.05) is 11.5 Å². The van der Waals surface area contributed by atoms with Crippen molar-refractivity contribution in [2.75, 3.05) is 11.6 Å². The van der Waals surface area contributed by atoms with Crippen molar-refractivity contribution in [1.29, 1.82) is 0 Å². The van der Waals surface area contributed by atoms with Gasteiger partial charge in [0.1, 0.15) is 12.2 Å². The molecule has 0 aliphatic carbocycles. The van der Waals surface area contributed by atoms with Gasteiger partial charge in [0.25, 0.3) is 0 Å². The number of rotatable bonds is 2. The van der Waals surface area contributed by atoms with Gasteiger partial charge in [-0.1, -0.05) is 0 Å². The molecule has 2 aromatic heterocycles. The van der Waals surface area contributed by atoms with Gasteiger partial charge < -0.3 is 10.3 Å². The Labute approximate surface area is 85.9 Å². The van der Waals surface area contributed by atoms with E-state index in [4.69, 9.17) is 17.3 Å². The van der Waals surface area contributed by atoms with E-state index in [0.717, 1.165) is 11.5 Å². The number of hydrogen-bond donors (Lipinski definition) is 1. The van der Waals surface area contributed by atoms with Gasteiger partial charge in [0.05, 0.1) is 0 Å². The summed E-state index contributed by atoms with van der Waals surface area (Å²) in [5.74, 6) is 1.79. The minimum absolute atomic E-state index is 0.409. The highest BCUT2D eigenvalue weighted by Crippen LogP contribution is 2.16. The van der Waals surface area contributed by atoms with E-state index in [2.05, 4.69) is 15.0 Å². The summed E-state index contributed by atoms with van der Waals surface area (Å²) in [5.41, 5.74) is 7.07. The van der Waals surface area contributed by atoms with E-state index in [0.29, 0.717) is 23.8 Å². The van der Waals surface area contributed by atoms with E-state index in [-0.39, 0.29) is 0 Å². The zero-order chi connectivity index (χ0) is 10.1. The molecule has 0 aromatic carbocycles. The SMILES string of the molecule is Cc1nc2c(N)ncnc2n1CCCl. The molecule has 0 saturated heterocycles. The molecule has 0 aliphatic heterocycles. The van der Waals surface area contributed by atoms with Crippen molar-refractivity contribution in [1.82, 2.24) is 19.5 Å². The van der Waals surface area contributed by atoms with Crippen LogP contribution >= 0.6 is 11.6 Å². The number of imidazole rings is 1. The molecular formula is C8H10ClN5. The molecule has 0 saturated carbocycles. The number of hydrogen-bond acceptors (Lipinski definition) is 4. The predicted molar refractivity (Wildman–Crippen MR) is 55.2 cm³/mol. The van der Waals surface area contributed by atoms with Gasteiger partial charge in [-0.2, -0.15) is 0 Å². The molecule has 0 radical (unpaired) electrons. The summed E-state index contributed by atoms with van der Waals surface area (Å²) in [7, 11) is 0. The molecule has 2 rings (SSSR count). The Kier molecular flexibility index (Phi) is 2.25. The minimum atomic E-state index is 0.409. The Hall–Kier alpha value is -1.36. The van der Waals surface area contributed by atoms with Gasteiger partial charge in [-0.15, -0.1) is 11.6 Å². The van der Waals surface area contributed by atoms with Crippen molar-refractivity contribution in [3.05, 3.63) is 12.2 Å². The Bertz CT molecular complexity index is 464. The fourth-order valence-corrected chi connectivity index (χ4v) is 1.58. The summed E-state index contributed by atoms with van der Waals surface area (Å²) in [6.45, 7) is 2.58. The van der Waals surface area contributed by atoms with E-state index in [9.17, 15) is 0 Å². The maximum absolute atomic E-state index is 5.68. The average Bonchev–Trinajstić information content (AvgIpc) is 2.47. The summed E-state index contributed by atoms with van der Waals surface area (Å²) >= 11 is 5.68. The van der Waals surface area contributed by atoms with Crippen LogP contribution in [0.25, 0.3) is 11.2 Å². The number of anilines is 1. The van der Waals surface area contributed by atoms with E-state index in [1.165, 1.54) is 6.33 Å². The van der Waals surface area contributed by atoms with Crippen molar-refractivity contribution in [2.24, 2.45) is 0 Å². The topological polar surface area (TPSA) is 69.6 Å². The summed E-state index contributed by atoms with van der Waals surface area (Å²) in [6.07, 6.45) is 1.43. The summed E-state index contributed by atoms with van der Waals surface area (Å²) in [4.78, 5) is 12.3. The number of alkyl halides is 1. The Morgan fingerprint density at radius 3 is 3.00 bits per heavy atom. The lowest BCUT2D eigenvalue weighted by molar-refractivity contribution is 0.750. The number of halogens is 1. The third-order valence-corrected chi connectivity index (χ3v) is 2.23. The van der Waals surface area contributed by atoms with Gasteiger partial charge in [0.2, 0.25) is 0 Å². The highest BCUT2D eigenvalue weighted by molar-refractivity contribution is 6.17. The predicted octanol–water partition coefficient (Wildman–Crippen LogP) is 0.956. The van der Waals surface area contributed by atoms with Crippen LogP contribution < -0.4 is 5.73 Å². The first-order valence-corrected chi connectivity index (χ1v) is 4.76. The summed E-state index contributed by atoms with van der Waals surface area (Å²) in [5, 5.41) is 0. The average molecular weight is 212 g/mol. The zero-order valence-electron chi connectivity index (χ0n) is 7.74. The molecule has 0 atom stereocenters. The van der Waals surface area contributed by atoms with Gasteiger partial charge >= 0.3 is 0 Å². The van der Waals surface area contributed by atoms with Crippen molar-refractivity contribution in [3.63, 3.8) is 0 Å². The van der Waals surface area contributed by atoms with Crippen LogP contribution in [0.1, 0.15) is 5.82 Å². The largest absolute Gasteiger partial charge is 0.382 e. The quantitative estimate of drug-likeness (QED) is 0.752. The highest BCUT2D eigenvalue weighted by atomic mass is 35.5. The lowest BCUT2D eigenvalue weighted by Crippen LogP contribution is -2.02. The normalized spacial score (nSPS) is 11.0. The summed E-state index contributed by atoms with van der Waals surface area (Å²) < 4.78 is 1.93. The summed E-state index contributed by atoms with van der Waals surface area (Å²) in [6, 6.07) is 0. The van der Waals surface area contributed by atoms with E-state index < -0.39 is 0 Å². The Balaban J connectivity index is 2.70. The molecular weight excluding hydrogens is 202 g/mol. The van der Waals surface area contributed by atoms with Gasteiger partial charge in [-0.05, 0) is 6.92 Å².